The summed E-state index contributed by atoms with van der Waals surface area (Å²) in [5.74, 6) is -1.94. The Kier molecular flexibility index (Phi) is 6.58. The Bertz CT molecular complexity index is 523. The second kappa shape index (κ2) is 7.95. The fourth-order valence-electron chi connectivity index (χ4n) is 1.74. The average Bonchev–Trinajstić information content (AvgIpc) is 2.37. The molecule has 0 heterocycles. The van der Waals surface area contributed by atoms with Gasteiger partial charge in [0.2, 0.25) is 5.91 Å². The van der Waals surface area contributed by atoms with Gasteiger partial charge in [-0.25, -0.2) is 4.39 Å². The molecule has 21 heavy (non-hydrogen) atoms. The zero-order valence-electron chi connectivity index (χ0n) is 11.9. The number of hydrogen-bond donors (Lipinski definition) is 2. The zero-order chi connectivity index (χ0) is 16.0. The van der Waals surface area contributed by atoms with Crippen LogP contribution in [0.3, 0.4) is 0 Å². The Morgan fingerprint density at radius 2 is 2.10 bits per heavy atom. The molecular formula is C14H18ClFN2O3. The van der Waals surface area contributed by atoms with Crippen LogP contribution in [0.15, 0.2) is 18.2 Å². The van der Waals surface area contributed by atoms with E-state index in [2.05, 4.69) is 5.32 Å². The largest absolute Gasteiger partial charge is 0.480 e. The van der Waals surface area contributed by atoms with Gasteiger partial charge in [-0.15, -0.1) is 0 Å². The van der Waals surface area contributed by atoms with E-state index in [9.17, 15) is 14.0 Å². The lowest BCUT2D eigenvalue weighted by molar-refractivity contribution is -0.139. The Labute approximate surface area is 127 Å². The fourth-order valence-corrected chi connectivity index (χ4v) is 1.90. The first-order valence-corrected chi connectivity index (χ1v) is 6.88. The van der Waals surface area contributed by atoms with E-state index in [1.165, 1.54) is 12.1 Å². The van der Waals surface area contributed by atoms with Gasteiger partial charge in [-0.3, -0.25) is 14.5 Å². The summed E-state index contributed by atoms with van der Waals surface area (Å²) in [7, 11) is 0. The summed E-state index contributed by atoms with van der Waals surface area (Å²) in [4.78, 5) is 24.2. The molecule has 0 bridgehead atoms. The number of aliphatic carboxylic acids is 1. The standard InChI is InChI=1S/C14H18ClFN2O3/c1-9(2)18(8-14(20)21)6-5-13(19)17-12-4-3-10(15)7-11(12)16/h3-4,7,9H,5-6,8H2,1-2H3,(H,17,19)(H,20,21). The number of carboxylic acids is 1. The van der Waals surface area contributed by atoms with Gasteiger partial charge in [-0.1, -0.05) is 11.6 Å². The molecule has 0 aliphatic carbocycles. The lowest BCUT2D eigenvalue weighted by atomic mass is 10.2. The van der Waals surface area contributed by atoms with Crippen molar-refractivity contribution in [1.29, 1.82) is 0 Å². The number of carbonyl (C=O) groups excluding carboxylic acids is 1. The normalized spacial score (nSPS) is 11.0. The summed E-state index contributed by atoms with van der Waals surface area (Å²) in [5, 5.41) is 11.5. The van der Waals surface area contributed by atoms with Crippen molar-refractivity contribution in [1.82, 2.24) is 4.90 Å². The molecule has 2 N–H and O–H groups in total. The molecule has 0 fully saturated rings. The van der Waals surface area contributed by atoms with Crippen LogP contribution in [0.4, 0.5) is 10.1 Å². The van der Waals surface area contributed by atoms with Crippen molar-refractivity contribution in [3.8, 4) is 0 Å². The van der Waals surface area contributed by atoms with Crippen LogP contribution in [-0.4, -0.2) is 41.0 Å². The van der Waals surface area contributed by atoms with Crippen LogP contribution in [0, 0.1) is 5.82 Å². The van der Waals surface area contributed by atoms with Gasteiger partial charge in [-0.05, 0) is 32.0 Å². The highest BCUT2D eigenvalue weighted by Crippen LogP contribution is 2.19. The number of halogens is 2. The predicted octanol–water partition coefficient (Wildman–Crippen LogP) is 2.60. The van der Waals surface area contributed by atoms with Gasteiger partial charge in [0.25, 0.3) is 0 Å². The second-order valence-corrected chi connectivity index (χ2v) is 5.32. The van der Waals surface area contributed by atoms with Crippen LogP contribution in [-0.2, 0) is 9.59 Å². The first kappa shape index (κ1) is 17.4. The average molecular weight is 317 g/mol. The molecule has 1 rings (SSSR count). The predicted molar refractivity (Wildman–Crippen MR) is 79.0 cm³/mol. The number of nitrogens with one attached hydrogen (secondary N) is 1. The Balaban J connectivity index is 2.54. The van der Waals surface area contributed by atoms with E-state index < -0.39 is 11.8 Å². The molecule has 5 nitrogen and oxygen atoms in total. The summed E-state index contributed by atoms with van der Waals surface area (Å²) in [5.41, 5.74) is 0.0544. The van der Waals surface area contributed by atoms with Gasteiger partial charge in [0.1, 0.15) is 5.82 Å². The number of carbonyl (C=O) groups is 2. The summed E-state index contributed by atoms with van der Waals surface area (Å²) in [6.07, 6.45) is 0.0769. The Morgan fingerprint density at radius 1 is 1.43 bits per heavy atom. The molecule has 1 aromatic carbocycles. The molecule has 0 radical (unpaired) electrons. The maximum absolute atomic E-state index is 13.5. The smallest absolute Gasteiger partial charge is 0.317 e. The summed E-state index contributed by atoms with van der Waals surface area (Å²) in [6.45, 7) is 3.84. The van der Waals surface area contributed by atoms with Gasteiger partial charge in [0, 0.05) is 24.0 Å². The lowest BCUT2D eigenvalue weighted by Crippen LogP contribution is -2.37. The van der Waals surface area contributed by atoms with Crippen molar-refractivity contribution < 1.29 is 19.1 Å². The molecule has 7 heteroatoms. The molecule has 0 aliphatic heterocycles. The third-order valence-electron chi connectivity index (χ3n) is 2.90. The molecule has 1 amide bonds. The van der Waals surface area contributed by atoms with Gasteiger partial charge in [0.15, 0.2) is 0 Å². The summed E-state index contributed by atoms with van der Waals surface area (Å²) < 4.78 is 13.5. The number of amides is 1. The van der Waals surface area contributed by atoms with Crippen LogP contribution in [0.25, 0.3) is 0 Å². The first-order chi connectivity index (χ1) is 9.79. The van der Waals surface area contributed by atoms with Gasteiger partial charge >= 0.3 is 5.97 Å². The van der Waals surface area contributed by atoms with E-state index in [-0.39, 0.29) is 42.2 Å². The quantitative estimate of drug-likeness (QED) is 0.811. The second-order valence-electron chi connectivity index (χ2n) is 4.88. The number of carboxylic acid groups (broad SMARTS) is 1. The molecule has 0 saturated heterocycles. The van der Waals surface area contributed by atoms with Crippen LogP contribution >= 0.6 is 11.6 Å². The minimum atomic E-state index is -0.951. The van der Waals surface area contributed by atoms with Gasteiger partial charge in [-0.2, -0.15) is 0 Å². The van der Waals surface area contributed by atoms with Crippen molar-refractivity contribution >= 4 is 29.2 Å². The van der Waals surface area contributed by atoms with Crippen LogP contribution in [0.1, 0.15) is 20.3 Å². The van der Waals surface area contributed by atoms with Crippen molar-refractivity contribution in [2.45, 2.75) is 26.3 Å². The molecular weight excluding hydrogens is 299 g/mol. The Morgan fingerprint density at radius 3 is 2.62 bits per heavy atom. The number of hydrogen-bond acceptors (Lipinski definition) is 3. The lowest BCUT2D eigenvalue weighted by Gasteiger charge is -2.24. The highest BCUT2D eigenvalue weighted by molar-refractivity contribution is 6.30. The summed E-state index contributed by atoms with van der Waals surface area (Å²) >= 11 is 5.62. The Hall–Kier alpha value is -1.66. The molecule has 116 valence electrons. The molecule has 0 spiro atoms. The number of nitrogens with zero attached hydrogens (tertiary/aromatic N) is 1. The molecule has 0 aromatic heterocycles. The topological polar surface area (TPSA) is 69.6 Å². The van der Waals surface area contributed by atoms with E-state index in [1.807, 2.05) is 13.8 Å². The third-order valence-corrected chi connectivity index (χ3v) is 3.14. The highest BCUT2D eigenvalue weighted by atomic mass is 35.5. The molecule has 0 atom stereocenters. The van der Waals surface area contributed by atoms with Crippen LogP contribution in [0.5, 0.6) is 0 Å². The maximum atomic E-state index is 13.5. The zero-order valence-corrected chi connectivity index (χ0v) is 12.7. The fraction of sp³-hybridized carbons (Fsp3) is 0.429. The number of anilines is 1. The van der Waals surface area contributed by atoms with E-state index >= 15 is 0 Å². The van der Waals surface area contributed by atoms with Gasteiger partial charge < -0.3 is 10.4 Å². The molecule has 0 unspecified atom stereocenters. The van der Waals surface area contributed by atoms with E-state index in [1.54, 1.807) is 4.90 Å². The van der Waals surface area contributed by atoms with Crippen molar-refractivity contribution in [2.24, 2.45) is 0 Å². The van der Waals surface area contributed by atoms with Crippen molar-refractivity contribution in [3.05, 3.63) is 29.0 Å². The number of benzene rings is 1. The van der Waals surface area contributed by atoms with Crippen LogP contribution in [0.2, 0.25) is 5.02 Å². The molecule has 0 saturated carbocycles. The molecule has 0 aliphatic rings. The monoisotopic (exact) mass is 316 g/mol. The van der Waals surface area contributed by atoms with Crippen molar-refractivity contribution in [2.75, 3.05) is 18.4 Å². The summed E-state index contributed by atoms with van der Waals surface area (Å²) in [6, 6.07) is 3.97. The van der Waals surface area contributed by atoms with E-state index in [0.29, 0.717) is 0 Å². The van der Waals surface area contributed by atoms with Crippen molar-refractivity contribution in [3.63, 3.8) is 0 Å². The van der Waals surface area contributed by atoms with Crippen LogP contribution < -0.4 is 5.32 Å². The maximum Gasteiger partial charge on any atom is 0.317 e. The van der Waals surface area contributed by atoms with E-state index in [4.69, 9.17) is 16.7 Å². The van der Waals surface area contributed by atoms with E-state index in [0.717, 1.165) is 6.07 Å². The highest BCUT2D eigenvalue weighted by Gasteiger charge is 2.15. The minimum absolute atomic E-state index is 0.00108. The SMILES string of the molecule is CC(C)N(CCC(=O)Nc1ccc(Cl)cc1F)CC(=O)O. The first-order valence-electron chi connectivity index (χ1n) is 6.50. The molecule has 1 aromatic rings. The number of rotatable bonds is 7. The minimum Gasteiger partial charge on any atom is -0.480 e. The van der Waals surface area contributed by atoms with Gasteiger partial charge in [0.05, 0.1) is 12.2 Å². The third kappa shape index (κ3) is 6.10.